The number of hydrogen-bond donors (Lipinski definition) is 1. The maximum absolute atomic E-state index is 12.2. The van der Waals surface area contributed by atoms with Gasteiger partial charge in [0.25, 0.3) is 0 Å². The van der Waals surface area contributed by atoms with E-state index in [1.165, 1.54) is 0 Å². The number of nitrogens with one attached hydrogen (secondary N) is 1. The van der Waals surface area contributed by atoms with Gasteiger partial charge >= 0.3 is 0 Å². The zero-order chi connectivity index (χ0) is 18.4. The van der Waals surface area contributed by atoms with Gasteiger partial charge in [0.05, 0.1) is 0 Å². The van der Waals surface area contributed by atoms with E-state index in [1.807, 2.05) is 36.4 Å². The lowest BCUT2D eigenvalue weighted by Gasteiger charge is -2.08. The lowest BCUT2D eigenvalue weighted by molar-refractivity contribution is -0.121. The average molecular weight is 371 g/mol. The van der Waals surface area contributed by atoms with Crippen LogP contribution in [0, 0.1) is 0 Å². The Balaban J connectivity index is 1.53. The normalized spacial score (nSPS) is 11.0. The summed E-state index contributed by atoms with van der Waals surface area (Å²) in [6.45, 7) is 3.61. The molecule has 136 valence electrons. The standard InChI is InChI=1S/C20H23ClN4O/c1-2-14-25-18(24-17-4-3-12-23-20(17)25)9-10-19(26)22-13-11-15-5-7-16(21)8-6-15/h3-8,12H,2,9-11,13-14H2,1H3,(H,22,26). The maximum Gasteiger partial charge on any atom is 0.220 e. The van der Waals surface area contributed by atoms with Gasteiger partial charge in [0.1, 0.15) is 11.3 Å². The van der Waals surface area contributed by atoms with E-state index in [1.54, 1.807) is 6.20 Å². The van der Waals surface area contributed by atoms with E-state index in [0.29, 0.717) is 19.4 Å². The first-order chi connectivity index (χ1) is 12.7. The summed E-state index contributed by atoms with van der Waals surface area (Å²) >= 11 is 5.88. The number of carbonyl (C=O) groups excluding carboxylic acids is 1. The minimum atomic E-state index is 0.0435. The van der Waals surface area contributed by atoms with E-state index >= 15 is 0 Å². The zero-order valence-electron chi connectivity index (χ0n) is 14.9. The molecule has 2 aromatic heterocycles. The molecule has 0 radical (unpaired) electrons. The first-order valence-corrected chi connectivity index (χ1v) is 9.36. The lowest BCUT2D eigenvalue weighted by Crippen LogP contribution is -2.26. The Kier molecular flexibility index (Phi) is 6.23. The molecule has 1 amide bonds. The monoisotopic (exact) mass is 370 g/mol. The molecule has 26 heavy (non-hydrogen) atoms. The summed E-state index contributed by atoms with van der Waals surface area (Å²) in [5, 5.41) is 3.70. The summed E-state index contributed by atoms with van der Waals surface area (Å²) in [4.78, 5) is 21.2. The number of halogens is 1. The summed E-state index contributed by atoms with van der Waals surface area (Å²) in [6.07, 6.45) is 4.61. The number of rotatable bonds is 8. The first kappa shape index (κ1) is 18.4. The van der Waals surface area contributed by atoms with Crippen LogP contribution in [0.15, 0.2) is 42.6 Å². The summed E-state index contributed by atoms with van der Waals surface area (Å²) in [5.41, 5.74) is 2.94. The van der Waals surface area contributed by atoms with Crippen LogP contribution in [0.4, 0.5) is 0 Å². The van der Waals surface area contributed by atoms with Gasteiger partial charge in [-0.2, -0.15) is 0 Å². The van der Waals surface area contributed by atoms with Gasteiger partial charge in [-0.3, -0.25) is 4.79 Å². The highest BCUT2D eigenvalue weighted by Crippen LogP contribution is 2.15. The molecule has 3 aromatic rings. The summed E-state index contributed by atoms with van der Waals surface area (Å²) in [5.74, 6) is 0.968. The molecule has 0 bridgehead atoms. The number of pyridine rings is 1. The molecule has 0 saturated carbocycles. The van der Waals surface area contributed by atoms with Gasteiger partial charge in [0, 0.05) is 37.2 Å². The number of hydrogen-bond acceptors (Lipinski definition) is 3. The highest BCUT2D eigenvalue weighted by Gasteiger charge is 2.12. The van der Waals surface area contributed by atoms with Crippen LogP contribution in [0.3, 0.4) is 0 Å². The Morgan fingerprint density at radius 1 is 1.19 bits per heavy atom. The van der Waals surface area contributed by atoms with Crippen LogP contribution in [-0.4, -0.2) is 27.0 Å². The third-order valence-corrected chi connectivity index (χ3v) is 4.51. The van der Waals surface area contributed by atoms with Crippen molar-refractivity contribution in [1.29, 1.82) is 0 Å². The van der Waals surface area contributed by atoms with Gasteiger partial charge in [0.15, 0.2) is 5.65 Å². The van der Waals surface area contributed by atoms with Crippen molar-refractivity contribution in [3.63, 3.8) is 0 Å². The molecule has 0 unspecified atom stereocenters. The second-order valence-corrected chi connectivity index (χ2v) is 6.69. The fourth-order valence-electron chi connectivity index (χ4n) is 2.97. The Labute approximate surface area is 158 Å². The highest BCUT2D eigenvalue weighted by molar-refractivity contribution is 6.30. The van der Waals surface area contributed by atoms with E-state index < -0.39 is 0 Å². The molecule has 2 heterocycles. The van der Waals surface area contributed by atoms with Crippen LogP contribution in [0.1, 0.15) is 31.2 Å². The molecular formula is C20H23ClN4O. The lowest BCUT2D eigenvalue weighted by atomic mass is 10.1. The van der Waals surface area contributed by atoms with Crippen LogP contribution in [-0.2, 0) is 24.2 Å². The van der Waals surface area contributed by atoms with Crippen molar-refractivity contribution in [2.24, 2.45) is 0 Å². The van der Waals surface area contributed by atoms with Crippen molar-refractivity contribution >= 4 is 28.7 Å². The molecule has 5 nitrogen and oxygen atoms in total. The van der Waals surface area contributed by atoms with Crippen LogP contribution >= 0.6 is 11.6 Å². The molecule has 6 heteroatoms. The van der Waals surface area contributed by atoms with Crippen LogP contribution in [0.5, 0.6) is 0 Å². The molecule has 0 saturated heterocycles. The quantitative estimate of drug-likeness (QED) is 0.656. The second kappa shape index (κ2) is 8.81. The van der Waals surface area contributed by atoms with Crippen molar-refractivity contribution in [3.05, 3.63) is 59.0 Å². The number of aryl methyl sites for hydroxylation is 2. The third kappa shape index (κ3) is 4.61. The van der Waals surface area contributed by atoms with Crippen LogP contribution in [0.25, 0.3) is 11.2 Å². The van der Waals surface area contributed by atoms with Gasteiger partial charge in [-0.15, -0.1) is 0 Å². The summed E-state index contributed by atoms with van der Waals surface area (Å²) < 4.78 is 2.12. The number of benzene rings is 1. The van der Waals surface area contributed by atoms with Crippen molar-refractivity contribution in [3.8, 4) is 0 Å². The van der Waals surface area contributed by atoms with Gasteiger partial charge in [0.2, 0.25) is 5.91 Å². The second-order valence-electron chi connectivity index (χ2n) is 6.25. The molecule has 1 N–H and O–H groups in total. The topological polar surface area (TPSA) is 59.8 Å². The number of imidazole rings is 1. The highest BCUT2D eigenvalue weighted by atomic mass is 35.5. The Bertz CT molecular complexity index is 873. The molecule has 0 aliphatic heterocycles. The third-order valence-electron chi connectivity index (χ3n) is 4.25. The maximum atomic E-state index is 12.2. The molecular weight excluding hydrogens is 348 g/mol. The molecule has 0 spiro atoms. The van der Waals surface area contributed by atoms with Gasteiger partial charge < -0.3 is 9.88 Å². The van der Waals surface area contributed by atoms with E-state index in [-0.39, 0.29) is 5.91 Å². The SMILES string of the molecule is CCCn1c(CCC(=O)NCCc2ccc(Cl)cc2)nc2cccnc21. The largest absolute Gasteiger partial charge is 0.356 e. The Morgan fingerprint density at radius 3 is 2.77 bits per heavy atom. The molecule has 0 aliphatic rings. The fraction of sp³-hybridized carbons (Fsp3) is 0.350. The number of fused-ring (bicyclic) bond motifs is 1. The van der Waals surface area contributed by atoms with Crippen molar-refractivity contribution in [2.45, 2.75) is 39.2 Å². The number of nitrogens with zero attached hydrogens (tertiary/aromatic N) is 3. The number of aromatic nitrogens is 3. The summed E-state index contributed by atoms with van der Waals surface area (Å²) in [7, 11) is 0. The van der Waals surface area contributed by atoms with Gasteiger partial charge in [-0.25, -0.2) is 9.97 Å². The molecule has 1 aromatic carbocycles. The number of amides is 1. The van der Waals surface area contributed by atoms with Crippen LogP contribution in [0.2, 0.25) is 5.02 Å². The predicted molar refractivity (Wildman–Crippen MR) is 104 cm³/mol. The van der Waals surface area contributed by atoms with E-state index in [2.05, 4.69) is 26.8 Å². The Hall–Kier alpha value is -2.40. The predicted octanol–water partition coefficient (Wildman–Crippen LogP) is 3.79. The molecule has 0 atom stereocenters. The minimum Gasteiger partial charge on any atom is -0.356 e. The Morgan fingerprint density at radius 2 is 2.00 bits per heavy atom. The first-order valence-electron chi connectivity index (χ1n) is 8.98. The van der Waals surface area contributed by atoms with Crippen molar-refractivity contribution in [1.82, 2.24) is 19.9 Å². The fourth-order valence-corrected chi connectivity index (χ4v) is 3.09. The van der Waals surface area contributed by atoms with Gasteiger partial charge in [-0.1, -0.05) is 30.7 Å². The smallest absolute Gasteiger partial charge is 0.220 e. The van der Waals surface area contributed by atoms with E-state index in [4.69, 9.17) is 11.6 Å². The van der Waals surface area contributed by atoms with Crippen molar-refractivity contribution in [2.75, 3.05) is 6.54 Å². The average Bonchev–Trinajstić information content (AvgIpc) is 3.00. The minimum absolute atomic E-state index is 0.0435. The van der Waals surface area contributed by atoms with E-state index in [0.717, 1.165) is 47.0 Å². The molecule has 0 fully saturated rings. The van der Waals surface area contributed by atoms with Crippen LogP contribution < -0.4 is 5.32 Å². The van der Waals surface area contributed by atoms with Gasteiger partial charge in [-0.05, 0) is 42.7 Å². The van der Waals surface area contributed by atoms with E-state index in [9.17, 15) is 4.79 Å². The van der Waals surface area contributed by atoms with Crippen molar-refractivity contribution < 1.29 is 4.79 Å². The molecule has 0 aliphatic carbocycles. The summed E-state index contributed by atoms with van der Waals surface area (Å²) in [6, 6.07) is 11.5. The zero-order valence-corrected chi connectivity index (χ0v) is 15.7. The number of carbonyl (C=O) groups is 1. The molecule has 3 rings (SSSR count).